The van der Waals surface area contributed by atoms with Gasteiger partial charge in [0.15, 0.2) is 5.78 Å². The van der Waals surface area contributed by atoms with Crippen LogP contribution in [0.3, 0.4) is 0 Å². The molecular weight excluding hydrogens is 362 g/mol. The van der Waals surface area contributed by atoms with Gasteiger partial charge in [0.2, 0.25) is 0 Å². The van der Waals surface area contributed by atoms with Gasteiger partial charge in [-0.2, -0.15) is 5.26 Å². The molecule has 138 valence electrons. The van der Waals surface area contributed by atoms with E-state index in [0.29, 0.717) is 47.9 Å². The summed E-state index contributed by atoms with van der Waals surface area (Å²) in [6, 6.07) is 14.2. The molecule has 0 N–H and O–H groups in total. The average molecular weight is 382 g/mol. The van der Waals surface area contributed by atoms with E-state index in [2.05, 4.69) is 11.0 Å². The van der Waals surface area contributed by atoms with E-state index in [0.717, 1.165) is 12.1 Å². The molecule has 0 saturated carbocycles. The van der Waals surface area contributed by atoms with Crippen LogP contribution in [0.4, 0.5) is 5.69 Å². The van der Waals surface area contributed by atoms with Crippen molar-refractivity contribution in [1.29, 1.82) is 5.26 Å². The largest absolute Gasteiger partial charge is 0.369 e. The number of carbonyl (C=O) groups is 2. The van der Waals surface area contributed by atoms with Gasteiger partial charge in [-0.1, -0.05) is 17.7 Å². The van der Waals surface area contributed by atoms with Crippen LogP contribution in [0.1, 0.15) is 39.6 Å². The first-order chi connectivity index (χ1) is 13.0. The van der Waals surface area contributed by atoms with Crippen LogP contribution in [0, 0.1) is 11.3 Å². The van der Waals surface area contributed by atoms with Gasteiger partial charge in [0, 0.05) is 48.0 Å². The van der Waals surface area contributed by atoms with Crippen molar-refractivity contribution in [3.8, 4) is 6.07 Å². The summed E-state index contributed by atoms with van der Waals surface area (Å²) >= 11 is 6.00. The van der Waals surface area contributed by atoms with Gasteiger partial charge in [-0.3, -0.25) is 9.59 Å². The maximum atomic E-state index is 12.8. The fraction of sp³-hybridized carbons (Fsp3) is 0.286. The van der Waals surface area contributed by atoms with E-state index in [1.54, 1.807) is 42.5 Å². The van der Waals surface area contributed by atoms with E-state index in [4.69, 9.17) is 11.6 Å². The van der Waals surface area contributed by atoms with Crippen LogP contribution in [-0.4, -0.2) is 42.8 Å². The molecule has 0 bridgehead atoms. The number of anilines is 1. The van der Waals surface area contributed by atoms with Crippen LogP contribution in [0.25, 0.3) is 0 Å². The van der Waals surface area contributed by atoms with E-state index >= 15 is 0 Å². The summed E-state index contributed by atoms with van der Waals surface area (Å²) in [4.78, 5) is 28.7. The van der Waals surface area contributed by atoms with Crippen LogP contribution >= 0.6 is 11.6 Å². The number of carbonyl (C=O) groups excluding carboxylic acids is 2. The number of Topliss-reactive ketones (excluding diaryl/α,β-unsaturated/α-hetero) is 1. The molecule has 0 spiro atoms. The van der Waals surface area contributed by atoms with Gasteiger partial charge in [0.1, 0.15) is 0 Å². The molecule has 2 aromatic rings. The zero-order chi connectivity index (χ0) is 19.4. The van der Waals surface area contributed by atoms with Gasteiger partial charge < -0.3 is 9.80 Å². The second kappa shape index (κ2) is 8.24. The predicted octanol–water partition coefficient (Wildman–Crippen LogP) is 3.77. The molecule has 5 nitrogen and oxygen atoms in total. The highest BCUT2D eigenvalue weighted by atomic mass is 35.5. The van der Waals surface area contributed by atoms with Gasteiger partial charge >= 0.3 is 0 Å². The minimum Gasteiger partial charge on any atom is -0.369 e. The van der Waals surface area contributed by atoms with Crippen LogP contribution in [0.15, 0.2) is 42.5 Å². The zero-order valence-electron chi connectivity index (χ0n) is 15.1. The zero-order valence-corrected chi connectivity index (χ0v) is 15.9. The van der Waals surface area contributed by atoms with Crippen molar-refractivity contribution in [3.05, 3.63) is 64.2 Å². The molecule has 1 saturated heterocycles. The Kier molecular flexibility index (Phi) is 5.78. The lowest BCUT2D eigenvalue weighted by molar-refractivity contribution is 0.0766. The highest BCUT2D eigenvalue weighted by molar-refractivity contribution is 6.30. The molecule has 1 amide bonds. The highest BCUT2D eigenvalue weighted by Gasteiger charge is 2.22. The van der Waals surface area contributed by atoms with Crippen LogP contribution in [-0.2, 0) is 0 Å². The summed E-state index contributed by atoms with van der Waals surface area (Å²) in [7, 11) is 0. The summed E-state index contributed by atoms with van der Waals surface area (Å²) in [6.45, 7) is 4.02. The van der Waals surface area contributed by atoms with Crippen molar-refractivity contribution >= 4 is 29.0 Å². The van der Waals surface area contributed by atoms with E-state index in [-0.39, 0.29) is 11.7 Å². The summed E-state index contributed by atoms with van der Waals surface area (Å²) < 4.78 is 0. The molecule has 0 radical (unpaired) electrons. The molecule has 27 heavy (non-hydrogen) atoms. The first kappa shape index (κ1) is 18.9. The Balaban J connectivity index is 1.80. The lowest BCUT2D eigenvalue weighted by Gasteiger charge is -2.25. The Morgan fingerprint density at radius 3 is 2.59 bits per heavy atom. The molecule has 1 aliphatic heterocycles. The molecule has 1 fully saturated rings. The maximum absolute atomic E-state index is 12.8. The summed E-state index contributed by atoms with van der Waals surface area (Å²) in [6.07, 6.45) is 0.778. The molecule has 0 atom stereocenters. The summed E-state index contributed by atoms with van der Waals surface area (Å²) in [5.74, 6) is -0.0810. The molecule has 0 unspecified atom stereocenters. The summed E-state index contributed by atoms with van der Waals surface area (Å²) in [5, 5.41) is 9.73. The molecule has 2 aromatic carbocycles. The third-order valence-electron chi connectivity index (χ3n) is 4.70. The Morgan fingerprint density at radius 2 is 1.89 bits per heavy atom. The minimum absolute atomic E-state index is 0.0365. The van der Waals surface area contributed by atoms with E-state index < -0.39 is 0 Å². The van der Waals surface area contributed by atoms with Crippen molar-refractivity contribution in [1.82, 2.24) is 4.90 Å². The molecule has 0 aliphatic carbocycles. The number of nitriles is 1. The smallest absolute Gasteiger partial charge is 0.253 e. The van der Waals surface area contributed by atoms with Crippen LogP contribution < -0.4 is 4.90 Å². The Morgan fingerprint density at radius 1 is 1.07 bits per heavy atom. The second-order valence-electron chi connectivity index (χ2n) is 6.54. The normalized spacial score (nSPS) is 14.4. The lowest BCUT2D eigenvalue weighted by atomic mass is 10.1. The van der Waals surface area contributed by atoms with E-state index in [1.807, 2.05) is 4.90 Å². The maximum Gasteiger partial charge on any atom is 0.253 e. The quantitative estimate of drug-likeness (QED) is 0.759. The molecule has 6 heteroatoms. The van der Waals surface area contributed by atoms with Crippen molar-refractivity contribution < 1.29 is 9.59 Å². The highest BCUT2D eigenvalue weighted by Crippen LogP contribution is 2.25. The molecule has 0 aromatic heterocycles. The van der Waals surface area contributed by atoms with Crippen molar-refractivity contribution in [3.63, 3.8) is 0 Å². The van der Waals surface area contributed by atoms with E-state index in [1.165, 1.54) is 6.92 Å². The Hall–Kier alpha value is -2.84. The number of rotatable bonds is 3. The molecule has 1 aliphatic rings. The number of amides is 1. The van der Waals surface area contributed by atoms with Crippen LogP contribution in [0.2, 0.25) is 5.02 Å². The monoisotopic (exact) mass is 381 g/mol. The molecule has 3 rings (SSSR count). The number of nitrogens with zero attached hydrogens (tertiary/aromatic N) is 3. The Bertz CT molecular complexity index is 920. The number of benzene rings is 2. The third kappa shape index (κ3) is 4.29. The van der Waals surface area contributed by atoms with Gasteiger partial charge in [-0.05, 0) is 49.7 Å². The Labute approximate surface area is 163 Å². The van der Waals surface area contributed by atoms with Crippen molar-refractivity contribution in [2.75, 3.05) is 31.1 Å². The topological polar surface area (TPSA) is 64.4 Å². The number of hydrogen-bond acceptors (Lipinski definition) is 4. The SMILES string of the molecule is CC(=O)c1ccc(C#N)cc1N1CCCN(C(=O)c2cccc(Cl)c2)CC1. The van der Waals surface area contributed by atoms with Gasteiger partial charge in [0.05, 0.1) is 11.6 Å². The molecule has 1 heterocycles. The summed E-state index contributed by atoms with van der Waals surface area (Å²) in [5.41, 5.74) is 2.46. The van der Waals surface area contributed by atoms with E-state index in [9.17, 15) is 14.9 Å². The first-order valence-electron chi connectivity index (χ1n) is 8.84. The van der Waals surface area contributed by atoms with Crippen molar-refractivity contribution in [2.24, 2.45) is 0 Å². The van der Waals surface area contributed by atoms with Gasteiger partial charge in [-0.25, -0.2) is 0 Å². The van der Waals surface area contributed by atoms with Crippen LogP contribution in [0.5, 0.6) is 0 Å². The second-order valence-corrected chi connectivity index (χ2v) is 6.98. The van der Waals surface area contributed by atoms with Gasteiger partial charge in [0.25, 0.3) is 5.91 Å². The number of ketones is 1. The standard InChI is InChI=1S/C21H20ClN3O2/c1-15(26)19-7-6-16(14-23)12-20(19)24-8-3-9-25(11-10-24)21(27)17-4-2-5-18(22)13-17/h2,4-7,12-13H,3,8-11H2,1H3. The number of halogens is 1. The first-order valence-corrected chi connectivity index (χ1v) is 9.22. The fourth-order valence-electron chi connectivity index (χ4n) is 3.33. The third-order valence-corrected chi connectivity index (χ3v) is 4.94. The average Bonchev–Trinajstić information content (AvgIpc) is 2.93. The number of hydrogen-bond donors (Lipinski definition) is 0. The minimum atomic E-state index is -0.0445. The lowest BCUT2D eigenvalue weighted by Crippen LogP contribution is -2.35. The van der Waals surface area contributed by atoms with Gasteiger partial charge in [-0.15, -0.1) is 0 Å². The fourth-order valence-corrected chi connectivity index (χ4v) is 3.52. The predicted molar refractivity (Wildman–Crippen MR) is 105 cm³/mol. The molecular formula is C21H20ClN3O2. The van der Waals surface area contributed by atoms with Crippen molar-refractivity contribution in [2.45, 2.75) is 13.3 Å².